The summed E-state index contributed by atoms with van der Waals surface area (Å²) in [5.74, 6) is 0.668. The number of ketones is 4. The summed E-state index contributed by atoms with van der Waals surface area (Å²) >= 11 is 0. The van der Waals surface area contributed by atoms with Crippen molar-refractivity contribution in [2.45, 2.75) is 151 Å². The molecule has 2 aliphatic rings. The number of Topliss-reactive ketones (excluding diaryl/α,β-unsaturated/α-hetero) is 4. The van der Waals surface area contributed by atoms with Gasteiger partial charge in [-0.1, -0.05) is 92.9 Å². The van der Waals surface area contributed by atoms with E-state index in [-0.39, 0.29) is 34.0 Å². The van der Waals surface area contributed by atoms with Crippen LogP contribution in [0.4, 0.5) is 0 Å². The second-order valence-electron chi connectivity index (χ2n) is 14.8. The van der Waals surface area contributed by atoms with Crippen LogP contribution in [0.1, 0.15) is 151 Å². The first kappa shape index (κ1) is 36.0. The highest BCUT2D eigenvalue weighted by atomic mass is 16.2. The van der Waals surface area contributed by atoms with Crippen LogP contribution in [0.3, 0.4) is 0 Å². The molecule has 0 saturated heterocycles. The van der Waals surface area contributed by atoms with E-state index >= 15 is 0 Å². The topological polar surface area (TPSA) is 92.3 Å². The molecule has 2 N–H and O–H groups in total. The molecule has 0 aliphatic heterocycles. The van der Waals surface area contributed by atoms with Gasteiger partial charge in [-0.05, 0) is 48.9 Å². The minimum absolute atomic E-state index is 0.0146. The van der Waals surface area contributed by atoms with Crippen LogP contribution in [-0.2, 0) is 19.2 Å². The third kappa shape index (κ3) is 12.2. The van der Waals surface area contributed by atoms with E-state index in [0.29, 0.717) is 49.7 Å². The smallest absolute Gasteiger partial charge is 0.168 e. The van der Waals surface area contributed by atoms with Crippen LogP contribution in [0.25, 0.3) is 0 Å². The molecule has 0 bridgehead atoms. The zero-order chi connectivity index (χ0) is 31.3. The molecule has 6 nitrogen and oxygen atoms in total. The van der Waals surface area contributed by atoms with Crippen molar-refractivity contribution in [2.24, 2.45) is 16.7 Å². The first-order chi connectivity index (χ1) is 19.8. The van der Waals surface area contributed by atoms with Crippen molar-refractivity contribution in [1.82, 2.24) is 10.6 Å². The molecule has 0 aromatic rings. The Kier molecular flexibility index (Phi) is 14.7. The van der Waals surface area contributed by atoms with Crippen molar-refractivity contribution in [3.05, 3.63) is 22.5 Å². The number of hydrogen-bond acceptors (Lipinski definition) is 6. The van der Waals surface area contributed by atoms with Crippen LogP contribution >= 0.6 is 0 Å². The normalized spacial score (nSPS) is 18.6. The predicted molar refractivity (Wildman–Crippen MR) is 172 cm³/mol. The van der Waals surface area contributed by atoms with Crippen LogP contribution in [0, 0.1) is 16.7 Å². The third-order valence-corrected chi connectivity index (χ3v) is 8.73. The van der Waals surface area contributed by atoms with E-state index in [0.717, 1.165) is 62.4 Å². The van der Waals surface area contributed by atoms with Gasteiger partial charge in [0.2, 0.25) is 0 Å². The molecule has 0 spiro atoms. The Morgan fingerprint density at radius 2 is 0.976 bits per heavy atom. The zero-order valence-corrected chi connectivity index (χ0v) is 27.9. The van der Waals surface area contributed by atoms with Gasteiger partial charge in [-0.2, -0.15) is 0 Å². The molecule has 42 heavy (non-hydrogen) atoms. The van der Waals surface area contributed by atoms with Crippen molar-refractivity contribution in [3.63, 3.8) is 0 Å². The molecule has 0 amide bonds. The van der Waals surface area contributed by atoms with Gasteiger partial charge in [0, 0.05) is 50.7 Å². The molecule has 0 unspecified atom stereocenters. The van der Waals surface area contributed by atoms with Gasteiger partial charge in [0.15, 0.2) is 23.1 Å². The molecular formula is C36H60N2O4. The maximum Gasteiger partial charge on any atom is 0.168 e. The molecule has 6 heteroatoms. The third-order valence-electron chi connectivity index (χ3n) is 8.73. The maximum atomic E-state index is 13.0. The summed E-state index contributed by atoms with van der Waals surface area (Å²) in [5.41, 5.74) is 1.88. The van der Waals surface area contributed by atoms with Gasteiger partial charge < -0.3 is 10.6 Å². The van der Waals surface area contributed by atoms with Crippen LogP contribution in [0.2, 0.25) is 0 Å². The molecule has 2 aliphatic carbocycles. The van der Waals surface area contributed by atoms with Crippen LogP contribution in [-0.4, -0.2) is 36.7 Å². The van der Waals surface area contributed by atoms with E-state index in [1.54, 1.807) is 7.05 Å². The lowest BCUT2D eigenvalue weighted by molar-refractivity contribution is -0.129. The van der Waals surface area contributed by atoms with E-state index in [2.05, 4.69) is 24.5 Å². The van der Waals surface area contributed by atoms with Gasteiger partial charge in [0.25, 0.3) is 0 Å². The molecule has 238 valence electrons. The summed E-state index contributed by atoms with van der Waals surface area (Å²) in [6, 6.07) is 0. The Hall–Kier alpha value is -2.24. The highest BCUT2D eigenvalue weighted by Crippen LogP contribution is 2.36. The number of nitrogens with one attached hydrogen (secondary N) is 2. The van der Waals surface area contributed by atoms with Crippen LogP contribution in [0.5, 0.6) is 0 Å². The summed E-state index contributed by atoms with van der Waals surface area (Å²) in [6.45, 7) is 13.3. The lowest BCUT2D eigenvalue weighted by Crippen LogP contribution is -2.34. The van der Waals surface area contributed by atoms with E-state index in [9.17, 15) is 19.2 Å². The minimum atomic E-state index is -0.269. The summed E-state index contributed by atoms with van der Waals surface area (Å²) in [7, 11) is 1.79. The minimum Gasteiger partial charge on any atom is -0.391 e. The first-order valence-corrected chi connectivity index (χ1v) is 16.8. The predicted octanol–water partition coefficient (Wildman–Crippen LogP) is 7.95. The quantitative estimate of drug-likeness (QED) is 0.0965. The molecule has 2 fully saturated rings. The van der Waals surface area contributed by atoms with Gasteiger partial charge in [-0.3, -0.25) is 19.2 Å². The van der Waals surface area contributed by atoms with Gasteiger partial charge >= 0.3 is 0 Å². The molecule has 0 heterocycles. The van der Waals surface area contributed by atoms with Gasteiger partial charge in [-0.25, -0.2) is 0 Å². The fourth-order valence-electron chi connectivity index (χ4n) is 6.46. The highest BCUT2D eigenvalue weighted by Gasteiger charge is 2.38. The van der Waals surface area contributed by atoms with E-state index < -0.39 is 0 Å². The average molecular weight is 585 g/mol. The van der Waals surface area contributed by atoms with Crippen LogP contribution < -0.4 is 10.6 Å². The van der Waals surface area contributed by atoms with Gasteiger partial charge in [-0.15, -0.1) is 0 Å². The Labute approximate surface area is 256 Å². The lowest BCUT2D eigenvalue weighted by Gasteiger charge is -2.30. The molecular weight excluding hydrogens is 524 g/mol. The van der Waals surface area contributed by atoms with Crippen LogP contribution in [0.15, 0.2) is 22.5 Å². The fourth-order valence-corrected chi connectivity index (χ4v) is 6.46. The Balaban J connectivity index is 1.88. The largest absolute Gasteiger partial charge is 0.391 e. The SMILES string of the molecule is CNC(CCCCCCC(NCCCCCCCCC(C)C)=C1C(=O)CC(C)(C)CC1=O)=C1C(=O)CC(C)(C)CC1=O. The number of hydrogen-bond donors (Lipinski definition) is 2. The highest BCUT2D eigenvalue weighted by molar-refractivity contribution is 6.23. The summed E-state index contributed by atoms with van der Waals surface area (Å²) in [4.78, 5) is 51.5. The van der Waals surface area contributed by atoms with Crippen molar-refractivity contribution in [1.29, 1.82) is 0 Å². The summed E-state index contributed by atoms with van der Waals surface area (Å²) in [6.07, 6.45) is 15.4. The Morgan fingerprint density at radius 1 is 0.595 bits per heavy atom. The second kappa shape index (κ2) is 17.2. The monoisotopic (exact) mass is 584 g/mol. The summed E-state index contributed by atoms with van der Waals surface area (Å²) < 4.78 is 0. The molecule has 2 rings (SSSR count). The summed E-state index contributed by atoms with van der Waals surface area (Å²) in [5, 5.41) is 6.64. The number of unbranched alkanes of at least 4 members (excludes halogenated alkanes) is 8. The van der Waals surface area contributed by atoms with Crippen molar-refractivity contribution in [3.8, 4) is 0 Å². The Bertz CT molecular complexity index is 971. The number of carbonyl (C=O) groups is 4. The maximum absolute atomic E-state index is 13.0. The van der Waals surface area contributed by atoms with Gasteiger partial charge in [0.1, 0.15) is 0 Å². The number of carbonyl (C=O) groups excluding carboxylic acids is 4. The van der Waals surface area contributed by atoms with Gasteiger partial charge in [0.05, 0.1) is 11.1 Å². The molecule has 0 aromatic carbocycles. The lowest BCUT2D eigenvalue weighted by atomic mass is 9.73. The van der Waals surface area contributed by atoms with E-state index in [1.165, 1.54) is 32.1 Å². The standard InChI is InChI=1S/C36H60N2O4/c1-26(2)18-14-10-8-9-13-17-21-38-28(34-31(41)24-36(5,6)25-32(34)42)20-16-12-11-15-19-27(37-7)33-29(39)22-35(3,4)23-30(33)40/h26,37-38H,8-25H2,1-7H3. The fraction of sp³-hybridized carbons (Fsp3) is 0.778. The molecule has 2 saturated carbocycles. The van der Waals surface area contributed by atoms with E-state index in [1.807, 2.05) is 27.7 Å². The number of rotatable bonds is 18. The van der Waals surface area contributed by atoms with Crippen molar-refractivity contribution in [2.75, 3.05) is 13.6 Å². The first-order valence-electron chi connectivity index (χ1n) is 16.8. The van der Waals surface area contributed by atoms with E-state index in [4.69, 9.17) is 0 Å². The zero-order valence-electron chi connectivity index (χ0n) is 27.9. The van der Waals surface area contributed by atoms with Crippen molar-refractivity contribution < 1.29 is 19.2 Å². The average Bonchev–Trinajstić information content (AvgIpc) is 2.85. The van der Waals surface area contributed by atoms with Crippen molar-refractivity contribution >= 4 is 23.1 Å². The molecule has 0 radical (unpaired) electrons. The molecule has 0 atom stereocenters. The number of allylic oxidation sites excluding steroid dienone is 4. The Morgan fingerprint density at radius 3 is 1.43 bits per heavy atom. The molecule has 0 aromatic heterocycles. The second-order valence-corrected chi connectivity index (χ2v) is 14.8.